The molecule has 1 atom stereocenters. The van der Waals surface area contributed by atoms with Crippen molar-refractivity contribution in [1.29, 1.82) is 0 Å². The molecule has 0 aliphatic carbocycles. The fraction of sp³-hybridized carbons (Fsp3) is 0.667. The summed E-state index contributed by atoms with van der Waals surface area (Å²) in [5.41, 5.74) is 1.00. The predicted molar refractivity (Wildman–Crippen MR) is 119 cm³/mol. The quantitative estimate of drug-likeness (QED) is 0.652. The van der Waals surface area contributed by atoms with Crippen LogP contribution in [0.2, 0.25) is 0 Å². The Morgan fingerprint density at radius 2 is 1.65 bits per heavy atom. The van der Waals surface area contributed by atoms with Crippen LogP contribution in [0.3, 0.4) is 0 Å². The van der Waals surface area contributed by atoms with E-state index in [1.54, 1.807) is 24.3 Å². The second-order valence-corrected chi connectivity index (χ2v) is 12.5. The van der Waals surface area contributed by atoms with Crippen LogP contribution < -0.4 is 5.32 Å². The van der Waals surface area contributed by atoms with Gasteiger partial charge in [-0.3, -0.25) is 4.79 Å². The summed E-state index contributed by atoms with van der Waals surface area (Å²) in [6, 6.07) is 6.72. The van der Waals surface area contributed by atoms with E-state index >= 15 is 0 Å². The second kappa shape index (κ2) is 9.97. The number of carbonyl (C=O) groups is 1. The van der Waals surface area contributed by atoms with Gasteiger partial charge in [0.25, 0.3) is 0 Å². The van der Waals surface area contributed by atoms with Crippen molar-refractivity contribution in [2.24, 2.45) is 5.92 Å². The van der Waals surface area contributed by atoms with Crippen molar-refractivity contribution < 1.29 is 21.6 Å². The van der Waals surface area contributed by atoms with E-state index in [2.05, 4.69) is 5.32 Å². The van der Waals surface area contributed by atoms with Gasteiger partial charge in [-0.1, -0.05) is 24.6 Å². The third-order valence-corrected chi connectivity index (χ3v) is 10.0. The molecule has 1 amide bonds. The molecular weight excluding hydrogens is 438 g/mol. The Morgan fingerprint density at radius 1 is 1.00 bits per heavy atom. The molecule has 0 aromatic heterocycles. The normalized spacial score (nSPS) is 22.3. The zero-order chi connectivity index (χ0) is 22.6. The van der Waals surface area contributed by atoms with Crippen LogP contribution in [0.25, 0.3) is 0 Å². The molecule has 2 saturated heterocycles. The SMILES string of the molecule is CCCS(=O)(=O)N1CCCC(C(=O)NC2CCN(S(=O)(=O)c3ccc(C)cc3)CC2)C1. The molecule has 31 heavy (non-hydrogen) atoms. The molecule has 0 bridgehead atoms. The molecule has 0 spiro atoms. The van der Waals surface area contributed by atoms with Gasteiger partial charge in [-0.05, 0) is 51.2 Å². The highest BCUT2D eigenvalue weighted by molar-refractivity contribution is 7.89. The minimum Gasteiger partial charge on any atom is -0.353 e. The van der Waals surface area contributed by atoms with Crippen LogP contribution in [-0.2, 0) is 24.8 Å². The molecule has 1 N–H and O–H groups in total. The topological polar surface area (TPSA) is 104 Å². The van der Waals surface area contributed by atoms with Gasteiger partial charge in [-0.15, -0.1) is 0 Å². The van der Waals surface area contributed by atoms with E-state index in [0.717, 1.165) is 5.56 Å². The Hall–Kier alpha value is -1.49. The summed E-state index contributed by atoms with van der Waals surface area (Å²) in [7, 11) is -6.84. The lowest BCUT2D eigenvalue weighted by Crippen LogP contribution is -2.51. The monoisotopic (exact) mass is 471 g/mol. The molecule has 1 unspecified atom stereocenters. The maximum Gasteiger partial charge on any atom is 0.243 e. The van der Waals surface area contributed by atoms with Gasteiger partial charge in [-0.2, -0.15) is 4.31 Å². The number of nitrogens with one attached hydrogen (secondary N) is 1. The van der Waals surface area contributed by atoms with Crippen LogP contribution >= 0.6 is 0 Å². The Morgan fingerprint density at radius 3 is 2.26 bits per heavy atom. The number of carbonyl (C=O) groups excluding carboxylic acids is 1. The number of rotatable bonds is 7. The van der Waals surface area contributed by atoms with E-state index in [0.29, 0.717) is 51.7 Å². The smallest absolute Gasteiger partial charge is 0.243 e. The average molecular weight is 472 g/mol. The number of nitrogens with zero attached hydrogens (tertiary/aromatic N) is 2. The summed E-state index contributed by atoms with van der Waals surface area (Å²) in [5, 5.41) is 3.03. The number of sulfonamides is 2. The second-order valence-electron chi connectivity index (χ2n) is 8.51. The molecule has 10 heteroatoms. The molecule has 174 valence electrons. The summed E-state index contributed by atoms with van der Waals surface area (Å²) < 4.78 is 53.3. The Balaban J connectivity index is 1.53. The van der Waals surface area contributed by atoms with Gasteiger partial charge in [0.15, 0.2) is 0 Å². The summed E-state index contributed by atoms with van der Waals surface area (Å²) in [4.78, 5) is 13.1. The van der Waals surface area contributed by atoms with Gasteiger partial charge in [0, 0.05) is 32.2 Å². The van der Waals surface area contributed by atoms with Crippen LogP contribution in [0, 0.1) is 12.8 Å². The summed E-state index contributed by atoms with van der Waals surface area (Å²) in [5.74, 6) is -0.374. The average Bonchev–Trinajstić information content (AvgIpc) is 2.74. The van der Waals surface area contributed by atoms with Gasteiger partial charge in [0.05, 0.1) is 16.6 Å². The van der Waals surface area contributed by atoms with Crippen LogP contribution in [0.4, 0.5) is 0 Å². The zero-order valence-electron chi connectivity index (χ0n) is 18.3. The Kier molecular flexibility index (Phi) is 7.77. The molecule has 2 fully saturated rings. The lowest BCUT2D eigenvalue weighted by molar-refractivity contribution is -0.127. The van der Waals surface area contributed by atoms with Gasteiger partial charge in [-0.25, -0.2) is 21.1 Å². The van der Waals surface area contributed by atoms with Crippen molar-refractivity contribution in [3.8, 4) is 0 Å². The molecule has 0 saturated carbocycles. The van der Waals surface area contributed by atoms with E-state index in [4.69, 9.17) is 0 Å². The van der Waals surface area contributed by atoms with Crippen molar-refractivity contribution in [2.75, 3.05) is 31.9 Å². The van der Waals surface area contributed by atoms with Crippen molar-refractivity contribution in [3.63, 3.8) is 0 Å². The number of aryl methyl sites for hydroxylation is 1. The molecule has 8 nitrogen and oxygen atoms in total. The van der Waals surface area contributed by atoms with Gasteiger partial charge >= 0.3 is 0 Å². The predicted octanol–water partition coefficient (Wildman–Crippen LogP) is 1.72. The lowest BCUT2D eigenvalue weighted by Gasteiger charge is -2.34. The molecule has 1 aromatic rings. The van der Waals surface area contributed by atoms with Gasteiger partial charge in [0.2, 0.25) is 26.0 Å². The highest BCUT2D eigenvalue weighted by Crippen LogP contribution is 2.23. The first-order chi connectivity index (χ1) is 14.6. The third-order valence-electron chi connectivity index (χ3n) is 6.07. The van der Waals surface area contributed by atoms with Gasteiger partial charge < -0.3 is 5.32 Å². The first-order valence-electron chi connectivity index (χ1n) is 11.0. The minimum atomic E-state index is -3.53. The molecular formula is C21H33N3O5S2. The fourth-order valence-electron chi connectivity index (χ4n) is 4.21. The number of hydrogen-bond acceptors (Lipinski definition) is 5. The standard InChI is InChI=1S/C21H33N3O5S2/c1-3-15-30(26,27)24-12-4-5-18(16-24)21(25)22-19-10-13-23(14-11-19)31(28,29)20-8-6-17(2)7-9-20/h6-9,18-19H,3-5,10-16H2,1-2H3,(H,22,25). The number of hydrogen-bond donors (Lipinski definition) is 1. The van der Waals surface area contributed by atoms with E-state index in [-0.39, 0.29) is 35.1 Å². The van der Waals surface area contributed by atoms with Crippen LogP contribution in [-0.4, -0.2) is 69.3 Å². The lowest BCUT2D eigenvalue weighted by atomic mass is 9.97. The van der Waals surface area contributed by atoms with Crippen molar-refractivity contribution in [2.45, 2.75) is 56.9 Å². The highest BCUT2D eigenvalue weighted by Gasteiger charge is 2.34. The number of amides is 1. The summed E-state index contributed by atoms with van der Waals surface area (Å²) >= 11 is 0. The zero-order valence-corrected chi connectivity index (χ0v) is 19.9. The fourth-order valence-corrected chi connectivity index (χ4v) is 7.27. The van der Waals surface area contributed by atoms with Crippen LogP contribution in [0.5, 0.6) is 0 Å². The van der Waals surface area contributed by atoms with E-state index < -0.39 is 20.0 Å². The van der Waals surface area contributed by atoms with Gasteiger partial charge in [0.1, 0.15) is 0 Å². The maximum absolute atomic E-state index is 12.8. The molecule has 2 heterocycles. The largest absolute Gasteiger partial charge is 0.353 e. The number of benzene rings is 1. The maximum atomic E-state index is 12.8. The minimum absolute atomic E-state index is 0.0976. The molecule has 2 aliphatic rings. The van der Waals surface area contributed by atoms with Crippen molar-refractivity contribution in [3.05, 3.63) is 29.8 Å². The summed E-state index contributed by atoms with van der Waals surface area (Å²) in [6.07, 6.45) is 2.99. The van der Waals surface area contributed by atoms with E-state index in [9.17, 15) is 21.6 Å². The van der Waals surface area contributed by atoms with E-state index in [1.165, 1.54) is 8.61 Å². The first kappa shape index (κ1) is 24.2. The molecule has 2 aliphatic heterocycles. The Labute approximate surface area is 186 Å². The van der Waals surface area contributed by atoms with Crippen LogP contribution in [0.15, 0.2) is 29.2 Å². The third kappa shape index (κ3) is 5.85. The molecule has 1 aromatic carbocycles. The Bertz CT molecular complexity index is 969. The first-order valence-corrected chi connectivity index (χ1v) is 14.0. The van der Waals surface area contributed by atoms with Crippen molar-refractivity contribution >= 4 is 26.0 Å². The summed E-state index contributed by atoms with van der Waals surface area (Å²) in [6.45, 7) is 5.15. The number of piperidine rings is 2. The van der Waals surface area contributed by atoms with Crippen molar-refractivity contribution in [1.82, 2.24) is 13.9 Å². The highest BCUT2D eigenvalue weighted by atomic mass is 32.2. The van der Waals surface area contributed by atoms with E-state index in [1.807, 2.05) is 13.8 Å². The van der Waals surface area contributed by atoms with Crippen LogP contribution in [0.1, 0.15) is 44.6 Å². The molecule has 3 rings (SSSR count). The molecule has 0 radical (unpaired) electrons.